The van der Waals surface area contributed by atoms with Crippen molar-refractivity contribution >= 4 is 11.6 Å². The highest BCUT2D eigenvalue weighted by Crippen LogP contribution is 2.31. The van der Waals surface area contributed by atoms with Crippen molar-refractivity contribution in [2.45, 2.75) is 26.2 Å². The van der Waals surface area contributed by atoms with Crippen LogP contribution in [0.25, 0.3) is 0 Å². The van der Waals surface area contributed by atoms with Gasteiger partial charge in [-0.3, -0.25) is 5.32 Å². The molecule has 4 heteroatoms. The van der Waals surface area contributed by atoms with E-state index in [4.69, 9.17) is 16.7 Å². The topological polar surface area (TPSA) is 32.3 Å². The van der Waals surface area contributed by atoms with Crippen LogP contribution in [0.2, 0.25) is 5.02 Å². The van der Waals surface area contributed by atoms with Crippen LogP contribution >= 0.6 is 11.6 Å². The fraction of sp³-hybridized carbons (Fsp3) is 0.500. The molecule has 0 aromatic heterocycles. The molecule has 0 heterocycles. The second-order valence-electron chi connectivity index (χ2n) is 4.55. The molecule has 0 bridgehead atoms. The Morgan fingerprint density at radius 3 is 2.62 bits per heavy atom. The Morgan fingerprint density at radius 1 is 1.44 bits per heavy atom. The normalized spacial score (nSPS) is 11.9. The fourth-order valence-corrected chi connectivity index (χ4v) is 2.10. The van der Waals surface area contributed by atoms with E-state index in [1.807, 2.05) is 13.8 Å². The maximum absolute atomic E-state index is 13.5. The molecular weight excluding hydrogens is 229 g/mol. The highest BCUT2D eigenvalue weighted by atomic mass is 35.5. The van der Waals surface area contributed by atoms with E-state index < -0.39 is 0 Å². The van der Waals surface area contributed by atoms with E-state index in [1.165, 1.54) is 6.07 Å². The van der Waals surface area contributed by atoms with Gasteiger partial charge in [-0.2, -0.15) is 0 Å². The molecular formula is C12H17ClFNO. The predicted molar refractivity (Wildman–Crippen MR) is 64.3 cm³/mol. The molecule has 16 heavy (non-hydrogen) atoms. The lowest BCUT2D eigenvalue weighted by atomic mass is 9.84. The van der Waals surface area contributed by atoms with Crippen molar-refractivity contribution in [3.05, 3.63) is 34.1 Å². The van der Waals surface area contributed by atoms with Gasteiger partial charge in [0.15, 0.2) is 0 Å². The fourth-order valence-electron chi connectivity index (χ4n) is 1.63. The summed E-state index contributed by atoms with van der Waals surface area (Å²) < 4.78 is 13.5. The SMILES string of the molecule is Cc1cc(Cl)c(C(C)(C)CNCO)cc1F. The third-order valence-electron chi connectivity index (χ3n) is 2.66. The van der Waals surface area contributed by atoms with Crippen LogP contribution in [-0.4, -0.2) is 18.4 Å². The Hall–Kier alpha value is -0.640. The zero-order valence-corrected chi connectivity index (χ0v) is 10.5. The molecule has 0 saturated heterocycles. The molecule has 2 nitrogen and oxygen atoms in total. The van der Waals surface area contributed by atoms with E-state index in [-0.39, 0.29) is 18.0 Å². The second-order valence-corrected chi connectivity index (χ2v) is 4.96. The van der Waals surface area contributed by atoms with Gasteiger partial charge < -0.3 is 5.11 Å². The monoisotopic (exact) mass is 245 g/mol. The predicted octanol–water partition coefficient (Wildman–Crippen LogP) is 2.60. The first kappa shape index (κ1) is 13.4. The van der Waals surface area contributed by atoms with Crippen LogP contribution in [0.5, 0.6) is 0 Å². The quantitative estimate of drug-likeness (QED) is 0.800. The van der Waals surface area contributed by atoms with Crippen LogP contribution < -0.4 is 5.32 Å². The summed E-state index contributed by atoms with van der Waals surface area (Å²) in [7, 11) is 0. The van der Waals surface area contributed by atoms with E-state index in [0.717, 1.165) is 5.56 Å². The summed E-state index contributed by atoms with van der Waals surface area (Å²) in [5.41, 5.74) is 0.965. The molecule has 0 unspecified atom stereocenters. The molecule has 2 N–H and O–H groups in total. The number of aliphatic hydroxyl groups excluding tert-OH is 1. The first-order valence-electron chi connectivity index (χ1n) is 5.16. The Labute approximate surface area is 100 Å². The second kappa shape index (κ2) is 5.13. The van der Waals surface area contributed by atoms with Crippen LogP contribution in [0.15, 0.2) is 12.1 Å². The van der Waals surface area contributed by atoms with Crippen LogP contribution in [0.1, 0.15) is 25.0 Å². The molecule has 1 rings (SSSR count). The van der Waals surface area contributed by atoms with Crippen molar-refractivity contribution in [2.75, 3.05) is 13.3 Å². The average Bonchev–Trinajstić information content (AvgIpc) is 2.20. The number of hydrogen-bond acceptors (Lipinski definition) is 2. The zero-order valence-electron chi connectivity index (χ0n) is 9.77. The van der Waals surface area contributed by atoms with Crippen LogP contribution in [0.4, 0.5) is 4.39 Å². The number of aryl methyl sites for hydroxylation is 1. The highest BCUT2D eigenvalue weighted by Gasteiger charge is 2.24. The van der Waals surface area contributed by atoms with Gasteiger partial charge in [0.2, 0.25) is 0 Å². The Kier molecular flexibility index (Phi) is 4.30. The number of rotatable bonds is 4. The Bertz CT molecular complexity index is 380. The molecule has 0 aliphatic rings. The van der Waals surface area contributed by atoms with Crippen molar-refractivity contribution in [2.24, 2.45) is 0 Å². The van der Waals surface area contributed by atoms with Gasteiger partial charge in [0.05, 0.1) is 6.73 Å². The van der Waals surface area contributed by atoms with E-state index in [1.54, 1.807) is 13.0 Å². The molecule has 0 spiro atoms. The first-order chi connectivity index (χ1) is 7.38. The Morgan fingerprint density at radius 2 is 2.06 bits per heavy atom. The maximum Gasteiger partial charge on any atom is 0.126 e. The standard InChI is InChI=1S/C12H17ClFNO/c1-8-4-10(13)9(5-11(8)14)12(2,3)6-15-7-16/h4-5,15-16H,6-7H2,1-3H3. The van der Waals surface area contributed by atoms with Crippen molar-refractivity contribution in [1.29, 1.82) is 0 Å². The van der Waals surface area contributed by atoms with Crippen molar-refractivity contribution in [3.63, 3.8) is 0 Å². The summed E-state index contributed by atoms with van der Waals surface area (Å²) in [6, 6.07) is 3.10. The van der Waals surface area contributed by atoms with Gasteiger partial charge >= 0.3 is 0 Å². The summed E-state index contributed by atoms with van der Waals surface area (Å²) >= 11 is 6.11. The lowest BCUT2D eigenvalue weighted by Crippen LogP contribution is -2.33. The zero-order chi connectivity index (χ0) is 12.3. The molecule has 0 aliphatic heterocycles. The summed E-state index contributed by atoms with van der Waals surface area (Å²) in [6.45, 7) is 6.02. The van der Waals surface area contributed by atoms with Gasteiger partial charge in [-0.1, -0.05) is 25.4 Å². The van der Waals surface area contributed by atoms with E-state index in [9.17, 15) is 4.39 Å². The summed E-state index contributed by atoms with van der Waals surface area (Å²) in [6.07, 6.45) is 0. The molecule has 0 atom stereocenters. The van der Waals surface area contributed by atoms with E-state index in [2.05, 4.69) is 5.32 Å². The lowest BCUT2D eigenvalue weighted by molar-refractivity contribution is 0.247. The van der Waals surface area contributed by atoms with Crippen molar-refractivity contribution in [3.8, 4) is 0 Å². The van der Waals surface area contributed by atoms with Crippen LogP contribution in [0, 0.1) is 12.7 Å². The van der Waals surface area contributed by atoms with Crippen molar-refractivity contribution < 1.29 is 9.50 Å². The molecule has 90 valence electrons. The molecule has 0 saturated carbocycles. The molecule has 1 aromatic rings. The lowest BCUT2D eigenvalue weighted by Gasteiger charge is -2.26. The largest absolute Gasteiger partial charge is 0.381 e. The molecule has 0 aliphatic carbocycles. The van der Waals surface area contributed by atoms with Crippen molar-refractivity contribution in [1.82, 2.24) is 5.32 Å². The minimum Gasteiger partial charge on any atom is -0.381 e. The third kappa shape index (κ3) is 2.94. The molecule has 1 aromatic carbocycles. The molecule has 0 amide bonds. The smallest absolute Gasteiger partial charge is 0.126 e. The minimum atomic E-state index is -0.325. The highest BCUT2D eigenvalue weighted by molar-refractivity contribution is 6.31. The van der Waals surface area contributed by atoms with Gasteiger partial charge in [0.1, 0.15) is 5.82 Å². The number of hydrogen-bond donors (Lipinski definition) is 2. The summed E-state index contributed by atoms with van der Waals surface area (Å²) in [5, 5.41) is 12.1. The number of aliphatic hydroxyl groups is 1. The van der Waals surface area contributed by atoms with E-state index in [0.29, 0.717) is 17.1 Å². The van der Waals surface area contributed by atoms with Gasteiger partial charge in [0.25, 0.3) is 0 Å². The summed E-state index contributed by atoms with van der Waals surface area (Å²) in [5.74, 6) is -0.253. The van der Waals surface area contributed by atoms with Gasteiger partial charge in [-0.15, -0.1) is 0 Å². The number of halogens is 2. The van der Waals surface area contributed by atoms with Gasteiger partial charge in [0, 0.05) is 17.0 Å². The van der Waals surface area contributed by atoms with Gasteiger partial charge in [-0.25, -0.2) is 4.39 Å². The average molecular weight is 246 g/mol. The van der Waals surface area contributed by atoms with Crippen LogP contribution in [-0.2, 0) is 5.41 Å². The van der Waals surface area contributed by atoms with E-state index >= 15 is 0 Å². The maximum atomic E-state index is 13.5. The first-order valence-corrected chi connectivity index (χ1v) is 5.54. The summed E-state index contributed by atoms with van der Waals surface area (Å²) in [4.78, 5) is 0. The number of nitrogens with one attached hydrogen (secondary N) is 1. The van der Waals surface area contributed by atoms with Crippen LogP contribution in [0.3, 0.4) is 0 Å². The number of benzene rings is 1. The Balaban J connectivity index is 3.07. The third-order valence-corrected chi connectivity index (χ3v) is 2.97. The van der Waals surface area contributed by atoms with Gasteiger partial charge in [-0.05, 0) is 30.2 Å². The molecule has 0 fully saturated rings. The minimum absolute atomic E-state index is 0.102. The molecule has 0 radical (unpaired) electrons.